The van der Waals surface area contributed by atoms with E-state index in [2.05, 4.69) is 50.8 Å². The van der Waals surface area contributed by atoms with Crippen molar-refractivity contribution in [3.8, 4) is 0 Å². The van der Waals surface area contributed by atoms with Crippen LogP contribution in [0.1, 0.15) is 20.3 Å². The van der Waals surface area contributed by atoms with E-state index in [9.17, 15) is 4.79 Å². The minimum atomic E-state index is -1.19. The van der Waals surface area contributed by atoms with Gasteiger partial charge in [0, 0.05) is 25.7 Å². The zero-order valence-corrected chi connectivity index (χ0v) is 18.9. The highest BCUT2D eigenvalue weighted by atomic mass is 28.3. The van der Waals surface area contributed by atoms with Crippen molar-refractivity contribution in [1.29, 1.82) is 0 Å². The summed E-state index contributed by atoms with van der Waals surface area (Å²) in [5.41, 5.74) is 0. The molecule has 22 heavy (non-hydrogen) atoms. The van der Waals surface area contributed by atoms with Gasteiger partial charge in [-0.2, -0.15) is 0 Å². The van der Waals surface area contributed by atoms with Crippen LogP contribution in [0.5, 0.6) is 0 Å². The maximum Gasteiger partial charge on any atom is 0.505 e. The number of ether oxygens (including phenoxy) is 1. The summed E-state index contributed by atoms with van der Waals surface area (Å²) in [4.78, 5) is 10.3. The molecule has 0 saturated heterocycles. The molecule has 1 N–H and O–H groups in total. The second kappa shape index (κ2) is 10.4. The molecule has 0 heterocycles. The van der Waals surface area contributed by atoms with Crippen molar-refractivity contribution in [2.45, 2.75) is 76.7 Å². The van der Waals surface area contributed by atoms with Crippen LogP contribution in [0.4, 0.5) is 4.79 Å². The Balaban J connectivity index is 4.02. The molecule has 0 bridgehead atoms. The first kappa shape index (κ1) is 21.7. The third-order valence-corrected chi connectivity index (χ3v) is 14.4. The summed E-state index contributed by atoms with van der Waals surface area (Å²) in [6, 6.07) is 6.97. The molecular formula is C16H36O3Si3. The van der Waals surface area contributed by atoms with Crippen LogP contribution >= 0.6 is 0 Å². The van der Waals surface area contributed by atoms with Crippen molar-refractivity contribution in [2.24, 2.45) is 0 Å². The van der Waals surface area contributed by atoms with Crippen LogP contribution in [0, 0.1) is 0 Å². The fraction of sp³-hybridized carbons (Fsp3) is 0.812. The third-order valence-electron chi connectivity index (χ3n) is 4.62. The number of carboxylic acid groups (broad SMARTS) is 1. The lowest BCUT2D eigenvalue weighted by molar-refractivity contribution is 0.0917. The molecule has 0 fully saturated rings. The number of hydrogen-bond donors (Lipinski definition) is 1. The lowest BCUT2D eigenvalue weighted by atomic mass is 10.5. The summed E-state index contributed by atoms with van der Waals surface area (Å²) in [6.45, 7) is 14.8. The number of carbonyl (C=O) groups is 1. The Morgan fingerprint density at radius 3 is 2.14 bits per heavy atom. The molecule has 0 rings (SSSR count). The van der Waals surface area contributed by atoms with Gasteiger partial charge in [-0.3, -0.25) is 0 Å². The molecule has 0 aliphatic rings. The van der Waals surface area contributed by atoms with Crippen LogP contribution in [-0.4, -0.2) is 43.5 Å². The first-order chi connectivity index (χ1) is 10.1. The van der Waals surface area contributed by atoms with Crippen molar-refractivity contribution in [2.75, 3.05) is 6.61 Å². The van der Waals surface area contributed by atoms with Gasteiger partial charge >= 0.3 is 6.16 Å². The summed E-state index contributed by atoms with van der Waals surface area (Å²) >= 11 is 0. The first-order valence-corrected chi connectivity index (χ1v) is 17.1. The van der Waals surface area contributed by atoms with Crippen LogP contribution in [0.25, 0.3) is 0 Å². The van der Waals surface area contributed by atoms with E-state index in [4.69, 9.17) is 5.11 Å². The summed E-state index contributed by atoms with van der Waals surface area (Å²) in [5, 5.41) is 10.1. The Labute approximate surface area is 141 Å². The molecule has 0 aromatic carbocycles. The van der Waals surface area contributed by atoms with E-state index >= 15 is 0 Å². The van der Waals surface area contributed by atoms with Crippen LogP contribution < -0.4 is 0 Å². The van der Waals surface area contributed by atoms with Gasteiger partial charge in [0.05, 0.1) is 6.61 Å². The molecule has 0 amide bonds. The quantitative estimate of drug-likeness (QED) is 0.320. The van der Waals surface area contributed by atoms with Crippen molar-refractivity contribution < 1.29 is 14.6 Å². The molecule has 0 aromatic heterocycles. The Kier molecular flexibility index (Phi) is 10.3. The Hall–Kier alpha value is -0.339. The maximum atomic E-state index is 10.3. The lowest BCUT2D eigenvalue weighted by Gasteiger charge is -2.29. The average molecular weight is 361 g/mol. The lowest BCUT2D eigenvalue weighted by Crippen LogP contribution is -2.32. The molecule has 0 radical (unpaired) electrons. The molecule has 0 unspecified atom stereocenters. The molecule has 3 nitrogen and oxygen atoms in total. The average Bonchev–Trinajstić information content (AvgIpc) is 2.41. The molecule has 0 aliphatic carbocycles. The van der Waals surface area contributed by atoms with Crippen molar-refractivity contribution in [1.82, 2.24) is 0 Å². The topological polar surface area (TPSA) is 46.5 Å². The van der Waals surface area contributed by atoms with E-state index < -0.39 is 22.3 Å². The van der Waals surface area contributed by atoms with E-state index in [1.54, 1.807) is 5.20 Å². The van der Waals surface area contributed by atoms with Crippen LogP contribution in [0.15, 0.2) is 11.3 Å². The van der Waals surface area contributed by atoms with Crippen LogP contribution in [0.2, 0.25) is 56.4 Å². The molecule has 6 heteroatoms. The van der Waals surface area contributed by atoms with Gasteiger partial charge in [-0.1, -0.05) is 67.7 Å². The number of hydrogen-bond acceptors (Lipinski definition) is 2. The fourth-order valence-corrected chi connectivity index (χ4v) is 15.0. The first-order valence-electron chi connectivity index (χ1n) is 8.55. The molecule has 130 valence electrons. The minimum Gasteiger partial charge on any atom is -0.450 e. The Morgan fingerprint density at radius 1 is 1.09 bits per heavy atom. The molecule has 0 saturated carbocycles. The largest absolute Gasteiger partial charge is 0.505 e. The van der Waals surface area contributed by atoms with Gasteiger partial charge in [-0.05, 0) is 20.3 Å². The van der Waals surface area contributed by atoms with Gasteiger partial charge in [0.15, 0.2) is 0 Å². The second-order valence-corrected chi connectivity index (χ2v) is 21.0. The van der Waals surface area contributed by atoms with Crippen molar-refractivity contribution >= 4 is 31.8 Å². The fourth-order valence-electron chi connectivity index (χ4n) is 2.63. The normalized spacial score (nSPS) is 13.8. The minimum absolute atomic E-state index is 0.0154. The highest BCUT2D eigenvalue weighted by molar-refractivity contribution is 6.83. The summed E-state index contributed by atoms with van der Waals surface area (Å²) in [6.07, 6.45) is 2.03. The van der Waals surface area contributed by atoms with Gasteiger partial charge in [0.1, 0.15) is 0 Å². The third kappa shape index (κ3) is 12.2. The SMILES string of the molecule is CC=C(C)[SiH2]CC[Si](C)(C)CC[Si](C)(C)CCCOC(=O)O. The van der Waals surface area contributed by atoms with Gasteiger partial charge in [-0.15, -0.1) is 0 Å². The number of rotatable bonds is 11. The van der Waals surface area contributed by atoms with E-state index in [1.807, 2.05) is 0 Å². The zero-order valence-electron chi connectivity index (χ0n) is 15.5. The van der Waals surface area contributed by atoms with Crippen LogP contribution in [0.3, 0.4) is 0 Å². The predicted octanol–water partition coefficient (Wildman–Crippen LogP) is 5.00. The monoisotopic (exact) mass is 360 g/mol. The Bertz CT molecular complexity index is 366. The number of allylic oxidation sites excluding steroid dienone is 2. The highest BCUT2D eigenvalue weighted by Crippen LogP contribution is 2.27. The van der Waals surface area contributed by atoms with Crippen molar-refractivity contribution in [3.05, 3.63) is 11.3 Å². The highest BCUT2D eigenvalue weighted by Gasteiger charge is 2.26. The summed E-state index contributed by atoms with van der Waals surface area (Å²) < 4.78 is 4.62. The van der Waals surface area contributed by atoms with E-state index in [-0.39, 0.29) is 9.52 Å². The smallest absolute Gasteiger partial charge is 0.450 e. The van der Waals surface area contributed by atoms with Gasteiger partial charge < -0.3 is 9.84 Å². The maximum absolute atomic E-state index is 10.3. The molecular weight excluding hydrogens is 324 g/mol. The van der Waals surface area contributed by atoms with E-state index in [0.717, 1.165) is 6.42 Å². The summed E-state index contributed by atoms with van der Waals surface area (Å²) in [5.74, 6) is 0. The Morgan fingerprint density at radius 2 is 1.64 bits per heavy atom. The van der Waals surface area contributed by atoms with Gasteiger partial charge in [0.2, 0.25) is 0 Å². The van der Waals surface area contributed by atoms with Crippen molar-refractivity contribution in [3.63, 3.8) is 0 Å². The van der Waals surface area contributed by atoms with E-state index in [0.29, 0.717) is 6.61 Å². The second-order valence-electron chi connectivity index (χ2n) is 8.03. The van der Waals surface area contributed by atoms with Crippen LogP contribution in [-0.2, 0) is 4.74 Å². The van der Waals surface area contributed by atoms with Gasteiger partial charge in [-0.25, -0.2) is 4.79 Å². The van der Waals surface area contributed by atoms with Gasteiger partial charge in [0.25, 0.3) is 0 Å². The molecule has 0 atom stereocenters. The molecule has 0 aromatic rings. The summed E-state index contributed by atoms with van der Waals surface area (Å²) in [7, 11) is -2.22. The predicted molar refractivity (Wildman–Crippen MR) is 106 cm³/mol. The zero-order chi connectivity index (χ0) is 17.2. The molecule has 0 spiro atoms. The van der Waals surface area contributed by atoms with E-state index in [1.165, 1.54) is 30.2 Å². The molecule has 0 aliphatic heterocycles. The standard InChI is InChI=1S/C16H36O3Si3/c1-7-15(2)20-10-12-22(5,6)14-13-21(3,4)11-8-9-19-16(17)18/h7H,8-14,20H2,1-6H3,(H,17,18).